The molecular formula is C45H48IrN3. The van der Waals surface area contributed by atoms with E-state index in [2.05, 4.69) is 144 Å². The maximum Gasteiger partial charge on any atom is 3.00 e. The van der Waals surface area contributed by atoms with Gasteiger partial charge in [0.1, 0.15) is 0 Å². The molecule has 2 aliphatic heterocycles. The van der Waals surface area contributed by atoms with Crippen molar-refractivity contribution in [1.29, 1.82) is 0 Å². The van der Waals surface area contributed by atoms with Crippen LogP contribution in [0.4, 0.5) is 22.7 Å². The second-order valence-electron chi connectivity index (χ2n) is 16.5. The maximum atomic E-state index is 4.22. The third-order valence-corrected chi connectivity index (χ3v) is 10.8. The number of pyridine rings is 1. The predicted octanol–water partition coefficient (Wildman–Crippen LogP) is 11.7. The van der Waals surface area contributed by atoms with E-state index in [0.717, 1.165) is 11.3 Å². The molecule has 1 aromatic heterocycles. The van der Waals surface area contributed by atoms with Crippen LogP contribution in [-0.2, 0) is 41.8 Å². The van der Waals surface area contributed by atoms with Crippen LogP contribution >= 0.6 is 0 Å². The SMILES string of the molecule is CC(C)(C)c1ccc(N2[CH-]N3c4[c-]c5c(cc4C(C)(C)c4cccc2c43)C(C)(C)CCC5(C)C)cc1.[Ir+3].[c-]1ccccc1-c1ccccn1. The van der Waals surface area contributed by atoms with E-state index in [0.29, 0.717) is 0 Å². The molecule has 8 rings (SSSR count). The fourth-order valence-corrected chi connectivity index (χ4v) is 7.59. The molecule has 0 saturated carbocycles. The number of aromatic nitrogens is 1. The molecule has 4 aromatic carbocycles. The van der Waals surface area contributed by atoms with Crippen LogP contribution in [0, 0.1) is 18.8 Å². The Kier molecular flexibility index (Phi) is 9.00. The fraction of sp³-hybridized carbons (Fsp3) is 0.333. The summed E-state index contributed by atoms with van der Waals surface area (Å²) >= 11 is 0. The number of anilines is 4. The van der Waals surface area contributed by atoms with Crippen molar-refractivity contribution in [2.24, 2.45) is 0 Å². The topological polar surface area (TPSA) is 19.4 Å². The van der Waals surface area contributed by atoms with Crippen LogP contribution in [0.1, 0.15) is 103 Å². The summed E-state index contributed by atoms with van der Waals surface area (Å²) in [5, 5.41) is 0. The first kappa shape index (κ1) is 35.1. The Morgan fingerprint density at radius 3 is 2.10 bits per heavy atom. The molecule has 0 spiro atoms. The number of nitrogens with zero attached hydrogens (tertiary/aromatic N) is 3. The van der Waals surface area contributed by atoms with Crippen LogP contribution < -0.4 is 9.80 Å². The quantitative estimate of drug-likeness (QED) is 0.165. The molecule has 1 aliphatic carbocycles. The zero-order valence-corrected chi connectivity index (χ0v) is 32.8. The van der Waals surface area contributed by atoms with Gasteiger partial charge in [-0.2, -0.15) is 17.7 Å². The summed E-state index contributed by atoms with van der Waals surface area (Å²) in [5.41, 5.74) is 14.4. The molecule has 0 unspecified atom stereocenters. The van der Waals surface area contributed by atoms with E-state index in [1.54, 1.807) is 6.20 Å². The third kappa shape index (κ3) is 6.17. The average molecular weight is 823 g/mol. The second kappa shape index (κ2) is 12.6. The van der Waals surface area contributed by atoms with Gasteiger partial charge in [-0.15, -0.1) is 53.7 Å². The Balaban J connectivity index is 0.000000270. The summed E-state index contributed by atoms with van der Waals surface area (Å²) in [4.78, 5) is 9.00. The first-order valence-corrected chi connectivity index (χ1v) is 17.4. The molecule has 0 fully saturated rings. The van der Waals surface area contributed by atoms with Crippen molar-refractivity contribution >= 4 is 22.7 Å². The van der Waals surface area contributed by atoms with Gasteiger partial charge in [-0.3, -0.25) is 0 Å². The summed E-state index contributed by atoms with van der Waals surface area (Å²) in [6.45, 7) is 23.5. The number of rotatable bonds is 2. The zero-order chi connectivity index (χ0) is 34.1. The minimum Gasteiger partial charge on any atom is -0.493 e. The third-order valence-electron chi connectivity index (χ3n) is 10.8. The van der Waals surface area contributed by atoms with Crippen molar-refractivity contribution in [3.63, 3.8) is 0 Å². The number of fused-ring (bicyclic) bond motifs is 3. The van der Waals surface area contributed by atoms with Crippen LogP contribution in [-0.4, -0.2) is 4.98 Å². The summed E-state index contributed by atoms with van der Waals surface area (Å²) in [6.07, 6.45) is 4.20. The monoisotopic (exact) mass is 823 g/mol. The van der Waals surface area contributed by atoms with E-state index in [9.17, 15) is 0 Å². The molecular weight excluding hydrogens is 775 g/mol. The van der Waals surface area contributed by atoms with E-state index < -0.39 is 0 Å². The van der Waals surface area contributed by atoms with Crippen molar-refractivity contribution in [2.45, 2.75) is 96.8 Å². The Morgan fingerprint density at radius 1 is 0.735 bits per heavy atom. The van der Waals surface area contributed by atoms with Gasteiger partial charge >= 0.3 is 20.1 Å². The van der Waals surface area contributed by atoms with Crippen LogP contribution in [0.15, 0.2) is 97.2 Å². The molecule has 0 N–H and O–H groups in total. The van der Waals surface area contributed by atoms with E-state index >= 15 is 0 Å². The van der Waals surface area contributed by atoms with Crippen molar-refractivity contribution in [1.82, 2.24) is 4.98 Å². The summed E-state index contributed by atoms with van der Waals surface area (Å²) in [6, 6.07) is 39.3. The molecule has 0 amide bonds. The molecule has 0 atom stereocenters. The molecule has 49 heavy (non-hydrogen) atoms. The van der Waals surface area contributed by atoms with E-state index in [1.807, 2.05) is 42.5 Å². The Hall–Kier alpha value is -3.72. The van der Waals surface area contributed by atoms with Gasteiger partial charge in [-0.05, 0) is 63.8 Å². The standard InChI is InChI=1S/C34H40N2.C11H8N.Ir/c1-31(2,3)22-13-15-23(16-14-22)35-21-36-29-20-26-25(32(4,5)17-18-33(26,6)7)19-27(29)34(8,9)24-11-10-12-28(35)30(24)36;1-2-6-10(7-3-1)11-8-4-5-9-12-11;/h10-16,19,21H,17-18H2,1-9H3;1-6,8-9H;/q-2;-1;+3. The minimum atomic E-state index is -0.0969. The molecule has 3 nitrogen and oxygen atoms in total. The van der Waals surface area contributed by atoms with E-state index in [-0.39, 0.29) is 41.8 Å². The van der Waals surface area contributed by atoms with Crippen LogP contribution in [0.5, 0.6) is 0 Å². The van der Waals surface area contributed by atoms with Gasteiger partial charge in [0, 0.05) is 23.3 Å². The van der Waals surface area contributed by atoms with Crippen LogP contribution in [0.3, 0.4) is 0 Å². The Morgan fingerprint density at radius 2 is 1.45 bits per heavy atom. The average Bonchev–Trinajstić information content (AvgIpc) is 3.47. The molecule has 252 valence electrons. The van der Waals surface area contributed by atoms with Gasteiger partial charge in [0.05, 0.1) is 0 Å². The number of benzene rings is 4. The maximum absolute atomic E-state index is 4.22. The second-order valence-corrected chi connectivity index (χ2v) is 16.5. The van der Waals surface area contributed by atoms with E-state index in [1.165, 1.54) is 63.4 Å². The molecule has 0 saturated heterocycles. The Labute approximate surface area is 308 Å². The van der Waals surface area contributed by atoms with Crippen molar-refractivity contribution < 1.29 is 20.1 Å². The minimum absolute atomic E-state index is 0. The predicted molar refractivity (Wildman–Crippen MR) is 201 cm³/mol. The number of hydrogen-bond acceptors (Lipinski definition) is 3. The molecule has 0 bridgehead atoms. The normalized spacial score (nSPS) is 17.5. The summed E-state index contributed by atoms with van der Waals surface area (Å²) in [7, 11) is 0. The van der Waals surface area contributed by atoms with Crippen LogP contribution in [0.25, 0.3) is 11.3 Å². The summed E-state index contributed by atoms with van der Waals surface area (Å²) in [5.74, 6) is 0. The van der Waals surface area contributed by atoms with Gasteiger partial charge in [-0.25, -0.2) is 0 Å². The van der Waals surface area contributed by atoms with E-state index in [4.69, 9.17) is 0 Å². The first-order valence-electron chi connectivity index (χ1n) is 17.4. The molecule has 3 heterocycles. The number of hydrogen-bond donors (Lipinski definition) is 0. The van der Waals surface area contributed by atoms with Gasteiger partial charge < -0.3 is 14.8 Å². The first-order chi connectivity index (χ1) is 22.7. The number of para-hydroxylation sites is 1. The van der Waals surface area contributed by atoms with Crippen molar-refractivity contribution in [3.8, 4) is 11.3 Å². The van der Waals surface area contributed by atoms with Gasteiger partial charge in [0.25, 0.3) is 0 Å². The fourth-order valence-electron chi connectivity index (χ4n) is 7.59. The largest absolute Gasteiger partial charge is 3.00 e. The Bertz CT molecular complexity index is 1910. The smallest absolute Gasteiger partial charge is 0.493 e. The zero-order valence-electron chi connectivity index (χ0n) is 30.4. The van der Waals surface area contributed by atoms with Gasteiger partial charge in [0.2, 0.25) is 0 Å². The molecule has 4 heteroatoms. The summed E-state index contributed by atoms with van der Waals surface area (Å²) < 4.78 is 0. The molecule has 5 aromatic rings. The molecule has 0 radical (unpaired) electrons. The van der Waals surface area contributed by atoms with Crippen molar-refractivity contribution in [3.05, 3.63) is 144 Å². The van der Waals surface area contributed by atoms with Crippen molar-refractivity contribution in [2.75, 3.05) is 9.80 Å². The van der Waals surface area contributed by atoms with Gasteiger partial charge in [0.15, 0.2) is 0 Å². The van der Waals surface area contributed by atoms with Crippen LogP contribution in [0.2, 0.25) is 0 Å². The van der Waals surface area contributed by atoms with Gasteiger partial charge in [-0.1, -0.05) is 116 Å². The molecule has 3 aliphatic rings.